The summed E-state index contributed by atoms with van der Waals surface area (Å²) in [6.45, 7) is 8.88. The van der Waals surface area contributed by atoms with Gasteiger partial charge >= 0.3 is 0 Å². The van der Waals surface area contributed by atoms with Crippen molar-refractivity contribution < 1.29 is 4.42 Å². The zero-order valence-electron chi connectivity index (χ0n) is 17.8. The van der Waals surface area contributed by atoms with Crippen LogP contribution in [-0.4, -0.2) is 62.1 Å². The summed E-state index contributed by atoms with van der Waals surface area (Å²) in [7, 11) is 0. The molecule has 5 rings (SSSR count). The molecule has 4 aromatic rings. The topological polar surface area (TPSA) is 88.7 Å². The van der Waals surface area contributed by atoms with E-state index in [0.717, 1.165) is 50.5 Å². The van der Waals surface area contributed by atoms with Crippen LogP contribution in [-0.2, 0) is 6.54 Å². The number of anilines is 1. The van der Waals surface area contributed by atoms with E-state index in [-0.39, 0.29) is 24.8 Å². The summed E-state index contributed by atoms with van der Waals surface area (Å²) in [5, 5.41) is 4.40. The van der Waals surface area contributed by atoms with Gasteiger partial charge in [-0.25, -0.2) is 9.97 Å². The summed E-state index contributed by atoms with van der Waals surface area (Å²) in [5.74, 6) is 1.39. The van der Waals surface area contributed by atoms with Crippen LogP contribution in [0.3, 0.4) is 0 Å². The molecule has 1 saturated heterocycles. The average molecular weight is 476 g/mol. The maximum absolute atomic E-state index is 6.15. The van der Waals surface area contributed by atoms with Gasteiger partial charge in [-0.05, 0) is 24.2 Å². The van der Waals surface area contributed by atoms with Crippen molar-refractivity contribution in [2.75, 3.05) is 38.5 Å². The van der Waals surface area contributed by atoms with Crippen molar-refractivity contribution in [3.8, 4) is 22.8 Å². The smallest absolute Gasteiger partial charge is 0.223 e. The molecule has 2 N–H and O–H groups in total. The Hall–Kier alpha value is -2.65. The molecule has 0 atom stereocenters. The van der Waals surface area contributed by atoms with E-state index in [4.69, 9.17) is 10.2 Å². The van der Waals surface area contributed by atoms with Gasteiger partial charge in [0.15, 0.2) is 11.4 Å². The summed E-state index contributed by atoms with van der Waals surface area (Å²) in [6.07, 6.45) is 1.60. The zero-order valence-corrected chi connectivity index (χ0v) is 19.5. The molecule has 0 radical (unpaired) electrons. The molecule has 0 amide bonds. The predicted molar refractivity (Wildman–Crippen MR) is 130 cm³/mol. The van der Waals surface area contributed by atoms with Gasteiger partial charge in [0.1, 0.15) is 0 Å². The zero-order chi connectivity index (χ0) is 20.5. The molecule has 32 heavy (non-hydrogen) atoms. The van der Waals surface area contributed by atoms with Gasteiger partial charge in [0.05, 0.1) is 12.0 Å². The number of rotatable bonds is 5. The fourth-order valence-electron chi connectivity index (χ4n) is 3.87. The van der Waals surface area contributed by atoms with E-state index in [9.17, 15) is 0 Å². The van der Waals surface area contributed by atoms with Crippen LogP contribution in [0.1, 0.15) is 12.5 Å². The second-order valence-electron chi connectivity index (χ2n) is 7.59. The number of halogens is 2. The standard InChI is InChI=1S/C22H25N7O.2ClH/c1-2-27-9-11-28(12-10-27)15-16-5-7-17(8-6-16)18-14-20-25-21(19-4-3-13-30-19)26-29(20)22(23)24-18;;/h3-8,13-14H,2,9-12,15H2,1H3,(H2,23,24);2*1H. The minimum Gasteiger partial charge on any atom is -0.461 e. The van der Waals surface area contributed by atoms with Gasteiger partial charge in [-0.3, -0.25) is 4.90 Å². The number of fused-ring (bicyclic) bond motifs is 1. The summed E-state index contributed by atoms with van der Waals surface area (Å²) in [4.78, 5) is 14.1. The van der Waals surface area contributed by atoms with Crippen LogP contribution in [0.25, 0.3) is 28.5 Å². The van der Waals surface area contributed by atoms with Gasteiger partial charge in [-0.1, -0.05) is 31.2 Å². The van der Waals surface area contributed by atoms with Gasteiger partial charge in [-0.2, -0.15) is 4.52 Å². The van der Waals surface area contributed by atoms with Crippen LogP contribution in [0.5, 0.6) is 0 Å². The van der Waals surface area contributed by atoms with Crippen molar-refractivity contribution in [1.29, 1.82) is 0 Å². The van der Waals surface area contributed by atoms with E-state index >= 15 is 0 Å². The molecule has 0 bridgehead atoms. The first kappa shape index (κ1) is 24.0. The Morgan fingerprint density at radius 2 is 1.69 bits per heavy atom. The molecule has 3 aromatic heterocycles. The van der Waals surface area contributed by atoms with Crippen LogP contribution in [0.2, 0.25) is 0 Å². The predicted octanol–water partition coefficient (Wildman–Crippen LogP) is 3.61. The van der Waals surface area contributed by atoms with Gasteiger partial charge in [0.25, 0.3) is 0 Å². The maximum atomic E-state index is 6.15. The summed E-state index contributed by atoms with van der Waals surface area (Å²) >= 11 is 0. The third kappa shape index (κ3) is 4.88. The number of hydrogen-bond acceptors (Lipinski definition) is 7. The first-order valence-corrected chi connectivity index (χ1v) is 10.3. The monoisotopic (exact) mass is 475 g/mol. The Balaban J connectivity index is 0.00000144. The van der Waals surface area contributed by atoms with E-state index in [2.05, 4.69) is 56.1 Å². The van der Waals surface area contributed by atoms with E-state index in [1.807, 2.05) is 12.1 Å². The minimum atomic E-state index is 0. The lowest BCUT2D eigenvalue weighted by atomic mass is 10.1. The molecule has 1 aromatic carbocycles. The van der Waals surface area contributed by atoms with Gasteiger partial charge in [0.2, 0.25) is 11.8 Å². The SMILES string of the molecule is CCN1CCN(Cc2ccc(-c3cc4nc(-c5ccco5)nn4c(N)n3)cc2)CC1.Cl.Cl. The Labute approximate surface area is 199 Å². The van der Waals surface area contributed by atoms with Gasteiger partial charge < -0.3 is 15.1 Å². The van der Waals surface area contributed by atoms with Crippen molar-refractivity contribution in [1.82, 2.24) is 29.4 Å². The van der Waals surface area contributed by atoms with E-state index in [1.54, 1.807) is 12.3 Å². The molecule has 1 fully saturated rings. The molecule has 1 aliphatic heterocycles. The molecule has 4 heterocycles. The van der Waals surface area contributed by atoms with Crippen molar-refractivity contribution >= 4 is 36.4 Å². The number of aromatic nitrogens is 4. The van der Waals surface area contributed by atoms with Gasteiger partial charge in [0, 0.05) is 44.4 Å². The van der Waals surface area contributed by atoms with E-state index in [1.165, 1.54) is 10.1 Å². The maximum Gasteiger partial charge on any atom is 0.223 e. The van der Waals surface area contributed by atoms with E-state index in [0.29, 0.717) is 23.2 Å². The number of nitrogens with zero attached hydrogens (tertiary/aromatic N) is 6. The highest BCUT2D eigenvalue weighted by atomic mass is 35.5. The quantitative estimate of drug-likeness (QED) is 0.471. The largest absolute Gasteiger partial charge is 0.461 e. The number of nitrogen functional groups attached to an aromatic ring is 1. The minimum absolute atomic E-state index is 0. The number of nitrogens with two attached hydrogens (primary N) is 1. The van der Waals surface area contributed by atoms with Crippen molar-refractivity contribution in [2.45, 2.75) is 13.5 Å². The van der Waals surface area contributed by atoms with Crippen LogP contribution in [0, 0.1) is 0 Å². The molecule has 8 nitrogen and oxygen atoms in total. The van der Waals surface area contributed by atoms with Gasteiger partial charge in [-0.15, -0.1) is 29.9 Å². The second kappa shape index (κ2) is 10.3. The van der Waals surface area contributed by atoms with Crippen LogP contribution in [0.15, 0.2) is 53.1 Å². The molecule has 0 saturated carbocycles. The highest BCUT2D eigenvalue weighted by Crippen LogP contribution is 2.23. The Morgan fingerprint density at radius 3 is 2.34 bits per heavy atom. The Morgan fingerprint density at radius 1 is 0.969 bits per heavy atom. The number of piperazine rings is 1. The summed E-state index contributed by atoms with van der Waals surface area (Å²) < 4.78 is 6.92. The second-order valence-corrected chi connectivity index (χ2v) is 7.59. The average Bonchev–Trinajstić information content (AvgIpc) is 3.45. The normalized spacial score (nSPS) is 14.8. The third-order valence-electron chi connectivity index (χ3n) is 5.66. The fourth-order valence-corrected chi connectivity index (χ4v) is 3.87. The number of benzene rings is 1. The highest BCUT2D eigenvalue weighted by Gasteiger charge is 2.16. The number of furan rings is 1. The molecule has 0 aliphatic carbocycles. The Kier molecular flexibility index (Phi) is 7.73. The van der Waals surface area contributed by atoms with Crippen molar-refractivity contribution in [3.63, 3.8) is 0 Å². The fraction of sp³-hybridized carbons (Fsp3) is 0.318. The van der Waals surface area contributed by atoms with Crippen LogP contribution in [0.4, 0.5) is 5.95 Å². The number of likely N-dealkylation sites (N-methyl/N-ethyl adjacent to an activating group) is 1. The lowest BCUT2D eigenvalue weighted by Crippen LogP contribution is -2.45. The van der Waals surface area contributed by atoms with E-state index < -0.39 is 0 Å². The molecule has 1 aliphatic rings. The third-order valence-corrected chi connectivity index (χ3v) is 5.66. The first-order chi connectivity index (χ1) is 14.7. The molecule has 0 unspecified atom stereocenters. The lowest BCUT2D eigenvalue weighted by molar-refractivity contribution is 0.132. The Bertz CT molecular complexity index is 1140. The molecule has 0 spiro atoms. The molecule has 10 heteroatoms. The molecule has 170 valence electrons. The summed E-state index contributed by atoms with van der Waals surface area (Å²) in [6, 6.07) is 14.1. The highest BCUT2D eigenvalue weighted by molar-refractivity contribution is 5.85. The van der Waals surface area contributed by atoms with Crippen LogP contribution >= 0.6 is 24.8 Å². The molecular weight excluding hydrogens is 449 g/mol. The molecular formula is C22H27Cl2N7O. The first-order valence-electron chi connectivity index (χ1n) is 10.3. The lowest BCUT2D eigenvalue weighted by Gasteiger charge is -2.34. The van der Waals surface area contributed by atoms with Crippen LogP contribution < -0.4 is 5.73 Å². The number of hydrogen-bond donors (Lipinski definition) is 1. The van der Waals surface area contributed by atoms with Crippen molar-refractivity contribution in [3.05, 3.63) is 54.3 Å². The summed E-state index contributed by atoms with van der Waals surface area (Å²) in [5.41, 5.74) is 9.88. The van der Waals surface area contributed by atoms with Crippen molar-refractivity contribution in [2.24, 2.45) is 0 Å².